The fraction of sp³-hybridized carbons (Fsp3) is 0.350. The van der Waals surface area contributed by atoms with Gasteiger partial charge in [-0.25, -0.2) is 4.79 Å². The number of phenolic OH excluding ortho intramolecular Hbond substituents is 2. The molecule has 1 heterocycles. The minimum absolute atomic E-state index is 0.140. The van der Waals surface area contributed by atoms with Crippen LogP contribution in [0.1, 0.15) is 44.9 Å². The average Bonchev–Trinajstić information content (AvgIpc) is 2.93. The molecule has 0 saturated carbocycles. The number of esters is 2. The minimum atomic E-state index is -0.863. The molecule has 8 nitrogen and oxygen atoms in total. The lowest BCUT2D eigenvalue weighted by Crippen LogP contribution is -2.15. The smallest absolute Gasteiger partial charge is 0.342 e. The predicted molar refractivity (Wildman–Crippen MR) is 99.5 cm³/mol. The maximum absolute atomic E-state index is 12.5. The van der Waals surface area contributed by atoms with Crippen LogP contribution in [0, 0.1) is 13.8 Å². The molecular formula is C20H23NO7. The topological polar surface area (TPSA) is 115 Å². The summed E-state index contributed by atoms with van der Waals surface area (Å²) in [6, 6.07) is 5.17. The van der Waals surface area contributed by atoms with E-state index in [9.17, 15) is 24.6 Å². The molecule has 0 aliphatic rings. The van der Waals surface area contributed by atoms with E-state index < -0.39 is 18.3 Å². The first-order valence-electron chi connectivity index (χ1n) is 8.70. The Morgan fingerprint density at radius 3 is 2.43 bits per heavy atom. The Morgan fingerprint density at radius 2 is 1.79 bits per heavy atom. The summed E-state index contributed by atoms with van der Waals surface area (Å²) in [6.07, 6.45) is 0.857. The zero-order valence-corrected chi connectivity index (χ0v) is 16.0. The number of hydrogen-bond donors (Lipinski definition) is 2. The molecule has 1 aromatic carbocycles. The Kier molecular flexibility index (Phi) is 6.81. The summed E-state index contributed by atoms with van der Waals surface area (Å²) in [7, 11) is 1.34. The number of benzene rings is 1. The molecule has 28 heavy (non-hydrogen) atoms. The molecule has 2 N–H and O–H groups in total. The van der Waals surface area contributed by atoms with E-state index >= 15 is 0 Å². The van der Waals surface area contributed by atoms with Gasteiger partial charge in [0.15, 0.2) is 6.61 Å². The van der Waals surface area contributed by atoms with Crippen molar-refractivity contribution in [2.75, 3.05) is 13.7 Å². The summed E-state index contributed by atoms with van der Waals surface area (Å²) in [6.45, 7) is 3.71. The first-order chi connectivity index (χ1) is 13.2. The van der Waals surface area contributed by atoms with E-state index in [4.69, 9.17) is 4.74 Å². The lowest BCUT2D eigenvalue weighted by atomic mass is 10.1. The van der Waals surface area contributed by atoms with Gasteiger partial charge in [-0.3, -0.25) is 9.59 Å². The highest BCUT2D eigenvalue weighted by molar-refractivity contribution is 6.01. The molecule has 0 spiro atoms. The maximum Gasteiger partial charge on any atom is 0.342 e. The molecule has 0 aliphatic heterocycles. The number of rotatable bonds is 8. The first-order valence-corrected chi connectivity index (χ1v) is 8.70. The van der Waals surface area contributed by atoms with Crippen molar-refractivity contribution in [1.29, 1.82) is 0 Å². The molecule has 0 radical (unpaired) electrons. The van der Waals surface area contributed by atoms with Gasteiger partial charge in [-0.05, 0) is 38.5 Å². The fourth-order valence-electron chi connectivity index (χ4n) is 2.89. The third-order valence-corrected chi connectivity index (χ3v) is 4.40. The monoisotopic (exact) mass is 389 g/mol. The van der Waals surface area contributed by atoms with Gasteiger partial charge < -0.3 is 24.3 Å². The van der Waals surface area contributed by atoms with E-state index in [1.807, 2.05) is 11.5 Å². The van der Waals surface area contributed by atoms with Crippen molar-refractivity contribution in [1.82, 2.24) is 4.57 Å². The molecule has 0 fully saturated rings. The number of aromatic nitrogens is 1. The molecule has 0 amide bonds. The zero-order valence-electron chi connectivity index (χ0n) is 16.0. The first kappa shape index (κ1) is 21.0. The number of aromatic hydroxyl groups is 2. The Morgan fingerprint density at radius 1 is 1.07 bits per heavy atom. The highest BCUT2D eigenvalue weighted by Crippen LogP contribution is 2.23. The molecule has 8 heteroatoms. The number of phenols is 2. The maximum atomic E-state index is 12.5. The van der Waals surface area contributed by atoms with Crippen LogP contribution in [0.3, 0.4) is 0 Å². The van der Waals surface area contributed by atoms with Gasteiger partial charge in [0.1, 0.15) is 17.1 Å². The summed E-state index contributed by atoms with van der Waals surface area (Å²) < 4.78 is 11.5. The molecule has 0 aliphatic carbocycles. The second-order valence-corrected chi connectivity index (χ2v) is 6.32. The van der Waals surface area contributed by atoms with Gasteiger partial charge in [0.05, 0.1) is 7.11 Å². The molecule has 1 aromatic heterocycles. The second-order valence-electron chi connectivity index (χ2n) is 6.32. The molecule has 150 valence electrons. The molecule has 0 atom stereocenters. The molecular weight excluding hydrogens is 366 g/mol. The normalized spacial score (nSPS) is 10.5. The SMILES string of the molecule is COC(=O)CCCn1c(C)cc(C(=O)COC(=O)c2ccc(O)cc2O)c1C. The lowest BCUT2D eigenvalue weighted by Gasteiger charge is -2.09. The predicted octanol–water partition coefficient (Wildman–Crippen LogP) is 2.51. The Balaban J connectivity index is 2.01. The summed E-state index contributed by atoms with van der Waals surface area (Å²) >= 11 is 0. The quantitative estimate of drug-likeness (QED) is 0.526. The van der Waals surface area contributed by atoms with E-state index in [0.29, 0.717) is 18.5 Å². The van der Waals surface area contributed by atoms with Crippen LogP contribution in [-0.4, -0.2) is 46.2 Å². The number of ether oxygens (including phenoxy) is 2. The van der Waals surface area contributed by atoms with Crippen LogP contribution in [0.15, 0.2) is 24.3 Å². The zero-order chi connectivity index (χ0) is 20.8. The summed E-state index contributed by atoms with van der Waals surface area (Å²) in [5.74, 6) is -2.15. The Labute approximate surface area is 162 Å². The van der Waals surface area contributed by atoms with E-state index in [1.165, 1.54) is 19.2 Å². The van der Waals surface area contributed by atoms with Crippen molar-refractivity contribution in [3.05, 3.63) is 46.8 Å². The standard InChI is InChI=1S/C20H23NO7/c1-12-9-16(13(2)21(12)8-4-5-19(25)27-3)18(24)11-28-20(26)15-7-6-14(22)10-17(15)23/h6-7,9-10,22-23H,4-5,8,11H2,1-3H3. The van der Waals surface area contributed by atoms with Gasteiger partial charge in [-0.1, -0.05) is 0 Å². The van der Waals surface area contributed by atoms with Gasteiger partial charge in [-0.2, -0.15) is 0 Å². The van der Waals surface area contributed by atoms with Gasteiger partial charge >= 0.3 is 11.9 Å². The van der Waals surface area contributed by atoms with Gasteiger partial charge in [0.2, 0.25) is 5.78 Å². The average molecular weight is 389 g/mol. The van der Waals surface area contributed by atoms with Crippen LogP contribution in [0.5, 0.6) is 11.5 Å². The molecule has 0 unspecified atom stereocenters. The van der Waals surface area contributed by atoms with Crippen LogP contribution < -0.4 is 0 Å². The van der Waals surface area contributed by atoms with E-state index in [-0.39, 0.29) is 29.5 Å². The number of Topliss-reactive ketones (excluding diaryl/α,β-unsaturated/α-hetero) is 1. The number of carbonyl (C=O) groups excluding carboxylic acids is 3. The van der Waals surface area contributed by atoms with Gasteiger partial charge in [0, 0.05) is 36.0 Å². The number of ketones is 1. The third kappa shape index (κ3) is 4.91. The highest BCUT2D eigenvalue weighted by atomic mass is 16.5. The lowest BCUT2D eigenvalue weighted by molar-refractivity contribution is -0.140. The highest BCUT2D eigenvalue weighted by Gasteiger charge is 2.19. The van der Waals surface area contributed by atoms with Gasteiger partial charge in [-0.15, -0.1) is 0 Å². The van der Waals surface area contributed by atoms with Crippen molar-refractivity contribution in [2.24, 2.45) is 0 Å². The van der Waals surface area contributed by atoms with Crippen LogP contribution in [0.4, 0.5) is 0 Å². The minimum Gasteiger partial charge on any atom is -0.508 e. The van der Waals surface area contributed by atoms with Crippen LogP contribution in [0.2, 0.25) is 0 Å². The third-order valence-electron chi connectivity index (χ3n) is 4.40. The second kappa shape index (κ2) is 9.07. The van der Waals surface area contributed by atoms with Crippen LogP contribution in [0.25, 0.3) is 0 Å². The summed E-state index contributed by atoms with van der Waals surface area (Å²) in [5, 5.41) is 18.9. The molecule has 0 saturated heterocycles. The Hall–Kier alpha value is -3.29. The number of methoxy groups -OCH3 is 1. The Bertz CT molecular complexity index is 898. The van der Waals surface area contributed by atoms with E-state index in [0.717, 1.165) is 17.5 Å². The molecule has 2 aromatic rings. The number of carbonyl (C=O) groups is 3. The van der Waals surface area contributed by atoms with Crippen molar-refractivity contribution < 1.29 is 34.1 Å². The van der Waals surface area contributed by atoms with Crippen molar-refractivity contribution >= 4 is 17.7 Å². The van der Waals surface area contributed by atoms with Crippen molar-refractivity contribution in [2.45, 2.75) is 33.2 Å². The summed E-state index contributed by atoms with van der Waals surface area (Å²) in [4.78, 5) is 35.7. The number of hydrogen-bond acceptors (Lipinski definition) is 7. The number of aryl methyl sites for hydroxylation is 1. The molecule has 0 bridgehead atoms. The van der Waals surface area contributed by atoms with Crippen LogP contribution >= 0.6 is 0 Å². The fourth-order valence-corrected chi connectivity index (χ4v) is 2.89. The van der Waals surface area contributed by atoms with Crippen LogP contribution in [-0.2, 0) is 20.8 Å². The van der Waals surface area contributed by atoms with E-state index in [2.05, 4.69) is 4.74 Å². The number of nitrogens with zero attached hydrogens (tertiary/aromatic N) is 1. The van der Waals surface area contributed by atoms with Gasteiger partial charge in [0.25, 0.3) is 0 Å². The molecule has 2 rings (SSSR count). The van der Waals surface area contributed by atoms with Crippen molar-refractivity contribution in [3.63, 3.8) is 0 Å². The van der Waals surface area contributed by atoms with E-state index in [1.54, 1.807) is 13.0 Å². The largest absolute Gasteiger partial charge is 0.508 e. The summed E-state index contributed by atoms with van der Waals surface area (Å²) in [5.41, 5.74) is 1.86. The van der Waals surface area contributed by atoms with Crippen molar-refractivity contribution in [3.8, 4) is 11.5 Å².